The first-order valence-electron chi connectivity index (χ1n) is 19.0. The van der Waals surface area contributed by atoms with Crippen LogP contribution in [0.4, 0.5) is 0 Å². The van der Waals surface area contributed by atoms with Crippen molar-refractivity contribution in [1.29, 1.82) is 10.5 Å². The molecule has 0 amide bonds. The maximum atomic E-state index is 11.4. The molecule has 2 aliphatic rings. The SMILES string of the molecule is Cc1cc(C)nc(/C(C#N)=c2/c3c(C(C)C)n(B4Oc5ccccc5O4)/c(=C(/C#N)c4nc(C)cc(C)n4)c3c(-c3ccccc3C)n2B2Oc3ccccc3O2)n1. The van der Waals surface area contributed by atoms with Crippen molar-refractivity contribution in [1.82, 2.24) is 28.9 Å². The standard InChI is InChI=1S/C44H36B2N8O4/c1-24(2)39-37-38(42(32(23-48)44-51-28(6)21-29(7)52-44)53(39)45-55-33-16-10-11-17-34(33)56-45)40(30-15-9-8-14-25(30)3)54(46-57-35-18-12-13-19-36(35)58-46)41(37)31(22-47)43-49-26(4)20-27(5)50-43/h8-21,24H,1-7H3/b41-31-,42-32-. The zero-order valence-corrected chi connectivity index (χ0v) is 33.0. The maximum Gasteiger partial charge on any atom is 0.743 e. The third-order valence-corrected chi connectivity index (χ3v) is 10.3. The minimum absolute atomic E-state index is 0.183. The molecule has 0 radical (unpaired) electrons. The van der Waals surface area contributed by atoms with E-state index in [2.05, 4.69) is 26.0 Å². The van der Waals surface area contributed by atoms with Gasteiger partial charge in [0.1, 0.15) is 46.3 Å². The van der Waals surface area contributed by atoms with Crippen LogP contribution in [-0.2, 0) is 0 Å². The van der Waals surface area contributed by atoms with Crippen LogP contribution < -0.4 is 29.3 Å². The second kappa shape index (κ2) is 14.0. The summed E-state index contributed by atoms with van der Waals surface area (Å²) in [6.07, 6.45) is 0. The highest BCUT2D eigenvalue weighted by atomic mass is 16.6. The van der Waals surface area contributed by atoms with Gasteiger partial charge in [-0.15, -0.1) is 0 Å². The van der Waals surface area contributed by atoms with Crippen LogP contribution >= 0.6 is 0 Å². The van der Waals surface area contributed by atoms with E-state index >= 15 is 0 Å². The number of hydrogen-bond acceptors (Lipinski definition) is 10. The fraction of sp³-hybridized carbons (Fsp3) is 0.182. The van der Waals surface area contributed by atoms with Crippen molar-refractivity contribution in [3.8, 4) is 46.4 Å². The summed E-state index contributed by atoms with van der Waals surface area (Å²) < 4.78 is 30.4. The highest BCUT2D eigenvalue weighted by molar-refractivity contribution is 6.49. The number of rotatable bonds is 6. The second-order valence-electron chi connectivity index (χ2n) is 14.8. The van der Waals surface area contributed by atoms with Gasteiger partial charge in [0.25, 0.3) is 0 Å². The van der Waals surface area contributed by atoms with Gasteiger partial charge in [-0.05, 0) is 82.5 Å². The maximum absolute atomic E-state index is 11.4. The molecule has 0 spiro atoms. The number of para-hydroxylation sites is 4. The first-order chi connectivity index (χ1) is 28.1. The molecule has 282 valence electrons. The Morgan fingerprint density at radius 3 is 1.38 bits per heavy atom. The summed E-state index contributed by atoms with van der Waals surface area (Å²) in [5.41, 5.74) is 6.24. The molecule has 0 atom stereocenters. The first-order valence-corrected chi connectivity index (χ1v) is 19.0. The van der Waals surface area contributed by atoms with Crippen LogP contribution in [0.15, 0.2) is 84.9 Å². The fourth-order valence-corrected chi connectivity index (χ4v) is 8.10. The molecule has 4 aromatic heterocycles. The van der Waals surface area contributed by atoms with Crippen LogP contribution in [0.2, 0.25) is 0 Å². The third kappa shape index (κ3) is 5.84. The quantitative estimate of drug-likeness (QED) is 0.174. The van der Waals surface area contributed by atoms with Gasteiger partial charge >= 0.3 is 14.5 Å². The summed E-state index contributed by atoms with van der Waals surface area (Å²) in [5.74, 6) is 2.42. The van der Waals surface area contributed by atoms with E-state index in [0.29, 0.717) is 72.9 Å². The van der Waals surface area contributed by atoms with Crippen LogP contribution in [0.3, 0.4) is 0 Å². The summed E-state index contributed by atoms with van der Waals surface area (Å²) in [4.78, 5) is 19.3. The Bertz CT molecular complexity index is 2900. The number of nitriles is 2. The van der Waals surface area contributed by atoms with Crippen molar-refractivity contribution in [2.24, 2.45) is 0 Å². The minimum atomic E-state index is -1.09. The normalized spacial score (nSPS) is 13.9. The zero-order valence-electron chi connectivity index (χ0n) is 33.0. The molecule has 12 nitrogen and oxygen atoms in total. The van der Waals surface area contributed by atoms with E-state index in [0.717, 1.165) is 16.8 Å². The largest absolute Gasteiger partial charge is 0.743 e. The van der Waals surface area contributed by atoms with Gasteiger partial charge in [-0.1, -0.05) is 62.4 Å². The molecular weight excluding hydrogens is 726 g/mol. The molecule has 14 heteroatoms. The fourth-order valence-electron chi connectivity index (χ4n) is 8.10. The van der Waals surface area contributed by atoms with Crippen molar-refractivity contribution in [3.63, 3.8) is 0 Å². The van der Waals surface area contributed by atoms with E-state index in [1.54, 1.807) is 0 Å². The van der Waals surface area contributed by atoms with E-state index in [-0.39, 0.29) is 28.7 Å². The summed E-state index contributed by atoms with van der Waals surface area (Å²) in [7, 11) is -2.14. The van der Waals surface area contributed by atoms with Crippen LogP contribution in [0.5, 0.6) is 23.0 Å². The van der Waals surface area contributed by atoms with Crippen LogP contribution in [-0.4, -0.2) is 43.4 Å². The van der Waals surface area contributed by atoms with Gasteiger partial charge in [0, 0.05) is 44.8 Å². The summed E-state index contributed by atoms with van der Waals surface area (Å²) >= 11 is 0. The van der Waals surface area contributed by atoms with E-state index in [9.17, 15) is 10.5 Å². The third-order valence-electron chi connectivity index (χ3n) is 10.3. The molecule has 2 aliphatic heterocycles. The average molecular weight is 762 g/mol. The Kier molecular flexibility index (Phi) is 8.78. The van der Waals surface area contributed by atoms with Crippen molar-refractivity contribution in [2.75, 3.05) is 0 Å². The Hall–Kier alpha value is -7.31. The molecule has 0 saturated carbocycles. The molecule has 0 unspecified atom stereocenters. The number of aryl methyl sites for hydroxylation is 5. The Labute approximate surface area is 335 Å². The Balaban J connectivity index is 1.59. The predicted molar refractivity (Wildman–Crippen MR) is 220 cm³/mol. The van der Waals surface area contributed by atoms with Gasteiger partial charge in [-0.2, -0.15) is 10.5 Å². The molecule has 0 N–H and O–H groups in total. The zero-order chi connectivity index (χ0) is 40.4. The molecule has 6 heterocycles. The molecule has 0 fully saturated rings. The lowest BCUT2D eigenvalue weighted by molar-refractivity contribution is 0.473. The predicted octanol–water partition coefficient (Wildman–Crippen LogP) is 6.41. The average Bonchev–Trinajstić information content (AvgIpc) is 3.96. The van der Waals surface area contributed by atoms with Gasteiger partial charge in [-0.3, -0.25) is 0 Å². The molecule has 9 rings (SSSR count). The molecular formula is C44H36B2N8O4. The number of fused-ring (bicyclic) bond motifs is 3. The first kappa shape index (κ1) is 36.3. The van der Waals surface area contributed by atoms with Crippen LogP contribution in [0, 0.1) is 57.3 Å². The second-order valence-corrected chi connectivity index (χ2v) is 14.8. The lowest BCUT2D eigenvalue weighted by Crippen LogP contribution is -2.45. The minimum Gasteiger partial charge on any atom is -0.503 e. The van der Waals surface area contributed by atoms with Gasteiger partial charge in [0.2, 0.25) is 0 Å². The van der Waals surface area contributed by atoms with E-state index in [4.69, 9.17) is 38.6 Å². The highest BCUT2D eigenvalue weighted by Gasteiger charge is 2.45. The summed E-state index contributed by atoms with van der Waals surface area (Å²) in [6.45, 7) is 13.6. The van der Waals surface area contributed by atoms with Crippen LogP contribution in [0.25, 0.3) is 33.2 Å². The Morgan fingerprint density at radius 2 is 0.966 bits per heavy atom. The Morgan fingerprint density at radius 1 is 0.569 bits per heavy atom. The molecule has 0 aliphatic carbocycles. The molecule has 7 aromatic rings. The van der Waals surface area contributed by atoms with Gasteiger partial charge < -0.3 is 27.6 Å². The van der Waals surface area contributed by atoms with Crippen molar-refractivity contribution in [2.45, 2.75) is 54.4 Å². The molecule has 3 aromatic carbocycles. The van der Waals surface area contributed by atoms with Crippen LogP contribution in [0.1, 0.15) is 65.4 Å². The number of aromatic nitrogens is 6. The topological polar surface area (TPSA) is 146 Å². The summed E-state index contributed by atoms with van der Waals surface area (Å²) in [5, 5.41) is 24.9. The van der Waals surface area contributed by atoms with Gasteiger partial charge in [-0.25, -0.2) is 19.9 Å². The van der Waals surface area contributed by atoms with E-state index in [1.807, 2.05) is 129 Å². The summed E-state index contributed by atoms with van der Waals surface area (Å²) in [6, 6.07) is 31.6. The molecule has 0 saturated heterocycles. The molecule has 0 bridgehead atoms. The van der Waals surface area contributed by atoms with Crippen molar-refractivity contribution < 1.29 is 18.6 Å². The lowest BCUT2D eigenvalue weighted by Gasteiger charge is -2.18. The monoisotopic (exact) mass is 762 g/mol. The molecule has 58 heavy (non-hydrogen) atoms. The number of nitrogens with zero attached hydrogens (tertiary/aromatic N) is 8. The lowest BCUT2D eigenvalue weighted by atomic mass is 9.99. The van der Waals surface area contributed by atoms with Crippen molar-refractivity contribution in [3.05, 3.63) is 141 Å². The number of benzene rings is 3. The highest BCUT2D eigenvalue weighted by Crippen LogP contribution is 2.40. The number of hydrogen-bond donors (Lipinski definition) is 0. The van der Waals surface area contributed by atoms with E-state index < -0.39 is 14.5 Å². The van der Waals surface area contributed by atoms with Gasteiger partial charge in [0.15, 0.2) is 11.6 Å². The van der Waals surface area contributed by atoms with E-state index in [1.165, 1.54) is 0 Å². The van der Waals surface area contributed by atoms with Gasteiger partial charge in [0.05, 0.1) is 16.4 Å². The smallest absolute Gasteiger partial charge is 0.503 e. The van der Waals surface area contributed by atoms with Crippen molar-refractivity contribution >= 4 is 36.4 Å².